The van der Waals surface area contributed by atoms with Crippen molar-refractivity contribution in [1.29, 1.82) is 5.26 Å². The van der Waals surface area contributed by atoms with Crippen LogP contribution in [0, 0.1) is 11.3 Å². The minimum Gasteiger partial charge on any atom is -0.368 e. The predicted molar refractivity (Wildman–Crippen MR) is 86.4 cm³/mol. The molecule has 0 aliphatic carbocycles. The van der Waals surface area contributed by atoms with Gasteiger partial charge in [0.05, 0.1) is 11.6 Å². The van der Waals surface area contributed by atoms with Crippen LogP contribution >= 0.6 is 0 Å². The molecular weight excluding hydrogens is 292 g/mol. The van der Waals surface area contributed by atoms with Crippen molar-refractivity contribution >= 4 is 17.6 Å². The van der Waals surface area contributed by atoms with Gasteiger partial charge in [-0.3, -0.25) is 4.79 Å². The van der Waals surface area contributed by atoms with Crippen LogP contribution in [0.4, 0.5) is 10.5 Å². The average molecular weight is 308 g/mol. The quantitative estimate of drug-likeness (QED) is 0.783. The molecule has 0 aliphatic rings. The van der Waals surface area contributed by atoms with E-state index in [0.717, 1.165) is 5.56 Å². The summed E-state index contributed by atoms with van der Waals surface area (Å²) in [6.07, 6.45) is 0.307. The molecule has 4 N–H and O–H groups in total. The number of rotatable bonds is 5. The fraction of sp³-hybridized carbons (Fsp3) is 0.118. The van der Waals surface area contributed by atoms with Gasteiger partial charge in [-0.2, -0.15) is 5.26 Å². The van der Waals surface area contributed by atoms with Crippen LogP contribution in [0.1, 0.15) is 11.1 Å². The molecule has 0 spiro atoms. The zero-order chi connectivity index (χ0) is 16.7. The van der Waals surface area contributed by atoms with Crippen molar-refractivity contribution in [3.05, 3.63) is 65.7 Å². The number of anilines is 1. The van der Waals surface area contributed by atoms with Gasteiger partial charge in [-0.15, -0.1) is 0 Å². The molecule has 2 aromatic carbocycles. The molecule has 0 bridgehead atoms. The van der Waals surface area contributed by atoms with Gasteiger partial charge in [-0.05, 0) is 23.8 Å². The van der Waals surface area contributed by atoms with E-state index in [0.29, 0.717) is 17.7 Å². The molecule has 0 heterocycles. The zero-order valence-electron chi connectivity index (χ0n) is 12.3. The highest BCUT2D eigenvalue weighted by Gasteiger charge is 2.18. The number of primary amides is 1. The number of amides is 3. The number of benzene rings is 2. The molecule has 3 amide bonds. The fourth-order valence-electron chi connectivity index (χ4n) is 2.06. The second-order valence-corrected chi connectivity index (χ2v) is 4.94. The Morgan fingerprint density at radius 3 is 2.52 bits per heavy atom. The van der Waals surface area contributed by atoms with Gasteiger partial charge < -0.3 is 16.4 Å². The molecule has 116 valence electrons. The van der Waals surface area contributed by atoms with Crippen LogP contribution in [-0.2, 0) is 11.2 Å². The topological polar surface area (TPSA) is 108 Å². The first-order valence-electron chi connectivity index (χ1n) is 6.99. The third-order valence-electron chi connectivity index (χ3n) is 3.18. The normalized spacial score (nSPS) is 11.1. The maximum Gasteiger partial charge on any atom is 0.319 e. The third kappa shape index (κ3) is 4.86. The van der Waals surface area contributed by atoms with E-state index in [2.05, 4.69) is 10.6 Å². The largest absolute Gasteiger partial charge is 0.368 e. The van der Waals surface area contributed by atoms with E-state index < -0.39 is 18.0 Å². The maximum atomic E-state index is 12.0. The van der Waals surface area contributed by atoms with Gasteiger partial charge in [0.1, 0.15) is 6.04 Å². The number of nitrogens with zero attached hydrogens (tertiary/aromatic N) is 1. The predicted octanol–water partition coefficient (Wildman–Crippen LogP) is 1.78. The summed E-state index contributed by atoms with van der Waals surface area (Å²) in [4.78, 5) is 23.5. The van der Waals surface area contributed by atoms with Crippen molar-refractivity contribution in [1.82, 2.24) is 5.32 Å². The molecule has 2 aromatic rings. The summed E-state index contributed by atoms with van der Waals surface area (Å²) in [5.41, 5.74) is 7.13. The summed E-state index contributed by atoms with van der Waals surface area (Å²) in [6, 6.07) is 16.4. The summed E-state index contributed by atoms with van der Waals surface area (Å²) < 4.78 is 0. The summed E-state index contributed by atoms with van der Waals surface area (Å²) in [6.45, 7) is 0. The molecule has 1 atom stereocenters. The number of hydrogen-bond donors (Lipinski definition) is 3. The van der Waals surface area contributed by atoms with Gasteiger partial charge in [0.15, 0.2) is 0 Å². The van der Waals surface area contributed by atoms with Crippen molar-refractivity contribution < 1.29 is 9.59 Å². The Hall–Kier alpha value is -3.33. The van der Waals surface area contributed by atoms with Crippen molar-refractivity contribution in [2.75, 3.05) is 5.32 Å². The van der Waals surface area contributed by atoms with E-state index in [9.17, 15) is 9.59 Å². The minimum absolute atomic E-state index is 0.307. The number of hydrogen-bond acceptors (Lipinski definition) is 3. The molecule has 0 aromatic heterocycles. The second-order valence-electron chi connectivity index (χ2n) is 4.94. The van der Waals surface area contributed by atoms with Crippen LogP contribution in [0.5, 0.6) is 0 Å². The standard InChI is InChI=1S/C17H16N4O2/c18-11-13-7-4-8-14(9-13)20-17(23)21-15(16(19)22)10-12-5-2-1-3-6-12/h1-9,15H,10H2,(H2,19,22)(H2,20,21,23)/t15-/m1/s1. The fourth-order valence-corrected chi connectivity index (χ4v) is 2.06. The average Bonchev–Trinajstić information content (AvgIpc) is 2.55. The second kappa shape index (κ2) is 7.61. The third-order valence-corrected chi connectivity index (χ3v) is 3.18. The Morgan fingerprint density at radius 2 is 1.87 bits per heavy atom. The monoisotopic (exact) mass is 308 g/mol. The van der Waals surface area contributed by atoms with Crippen LogP contribution in [-0.4, -0.2) is 18.0 Å². The van der Waals surface area contributed by atoms with Crippen LogP contribution in [0.2, 0.25) is 0 Å². The first-order valence-corrected chi connectivity index (χ1v) is 6.99. The Kier molecular flexibility index (Phi) is 5.31. The Balaban J connectivity index is 2.00. The van der Waals surface area contributed by atoms with Gasteiger partial charge in [0, 0.05) is 12.1 Å². The molecule has 2 rings (SSSR count). The molecule has 0 fully saturated rings. The van der Waals surface area contributed by atoms with E-state index in [-0.39, 0.29) is 0 Å². The van der Waals surface area contributed by atoms with E-state index in [1.54, 1.807) is 18.2 Å². The number of urea groups is 1. The van der Waals surface area contributed by atoms with E-state index in [1.807, 2.05) is 36.4 Å². The van der Waals surface area contributed by atoms with Gasteiger partial charge in [0.25, 0.3) is 0 Å². The SMILES string of the molecule is N#Cc1cccc(NC(=O)N[C@H](Cc2ccccc2)C(N)=O)c1. The molecule has 0 aliphatic heterocycles. The number of carbonyl (C=O) groups is 2. The molecule has 0 radical (unpaired) electrons. The lowest BCUT2D eigenvalue weighted by atomic mass is 10.1. The lowest BCUT2D eigenvalue weighted by Gasteiger charge is -2.16. The number of carbonyl (C=O) groups excluding carboxylic acids is 2. The summed E-state index contributed by atoms with van der Waals surface area (Å²) in [5.74, 6) is -0.616. The van der Waals surface area contributed by atoms with Crippen LogP contribution in [0.3, 0.4) is 0 Å². The minimum atomic E-state index is -0.823. The maximum absolute atomic E-state index is 12.0. The highest BCUT2D eigenvalue weighted by Crippen LogP contribution is 2.10. The van der Waals surface area contributed by atoms with Crippen LogP contribution in [0.15, 0.2) is 54.6 Å². The molecule has 23 heavy (non-hydrogen) atoms. The first-order chi connectivity index (χ1) is 11.1. The van der Waals surface area contributed by atoms with Gasteiger partial charge in [-0.1, -0.05) is 36.4 Å². The molecule has 6 heteroatoms. The van der Waals surface area contributed by atoms with Crippen molar-refractivity contribution in [2.24, 2.45) is 5.73 Å². The molecular formula is C17H16N4O2. The highest BCUT2D eigenvalue weighted by molar-refractivity contribution is 5.93. The Labute approximate surface area is 133 Å². The van der Waals surface area contributed by atoms with E-state index in [1.165, 1.54) is 6.07 Å². The Bertz CT molecular complexity index is 738. The van der Waals surface area contributed by atoms with Gasteiger partial charge in [-0.25, -0.2) is 4.79 Å². The molecule has 6 nitrogen and oxygen atoms in total. The summed E-state index contributed by atoms with van der Waals surface area (Å²) in [7, 11) is 0. The lowest BCUT2D eigenvalue weighted by molar-refractivity contribution is -0.119. The molecule has 0 saturated heterocycles. The molecule has 0 saturated carbocycles. The zero-order valence-corrected chi connectivity index (χ0v) is 12.3. The van der Waals surface area contributed by atoms with Crippen LogP contribution in [0.25, 0.3) is 0 Å². The van der Waals surface area contributed by atoms with Crippen molar-refractivity contribution in [3.63, 3.8) is 0 Å². The van der Waals surface area contributed by atoms with E-state index in [4.69, 9.17) is 11.0 Å². The Morgan fingerprint density at radius 1 is 1.13 bits per heavy atom. The van der Waals surface area contributed by atoms with E-state index >= 15 is 0 Å². The number of nitrogens with one attached hydrogen (secondary N) is 2. The van der Waals surface area contributed by atoms with Gasteiger partial charge >= 0.3 is 6.03 Å². The summed E-state index contributed by atoms with van der Waals surface area (Å²) in [5, 5.41) is 14.0. The number of nitriles is 1. The highest BCUT2D eigenvalue weighted by atomic mass is 16.2. The first kappa shape index (κ1) is 16.0. The summed E-state index contributed by atoms with van der Waals surface area (Å²) >= 11 is 0. The number of nitrogens with two attached hydrogens (primary N) is 1. The van der Waals surface area contributed by atoms with Crippen molar-refractivity contribution in [2.45, 2.75) is 12.5 Å². The van der Waals surface area contributed by atoms with Crippen molar-refractivity contribution in [3.8, 4) is 6.07 Å². The smallest absolute Gasteiger partial charge is 0.319 e. The van der Waals surface area contributed by atoms with Gasteiger partial charge in [0.2, 0.25) is 5.91 Å². The lowest BCUT2D eigenvalue weighted by Crippen LogP contribution is -2.47. The molecule has 0 unspecified atom stereocenters. The van der Waals surface area contributed by atoms with Crippen LogP contribution < -0.4 is 16.4 Å².